The van der Waals surface area contributed by atoms with E-state index in [2.05, 4.69) is 16.7 Å². The Morgan fingerprint density at radius 2 is 1.96 bits per heavy atom. The van der Waals surface area contributed by atoms with Crippen LogP contribution in [0.2, 0.25) is 0 Å². The van der Waals surface area contributed by atoms with Gasteiger partial charge >= 0.3 is 5.97 Å². The molecule has 2 rings (SSSR count). The van der Waals surface area contributed by atoms with Crippen LogP contribution >= 0.6 is 0 Å². The van der Waals surface area contributed by atoms with E-state index in [1.807, 2.05) is 0 Å². The third-order valence-corrected chi connectivity index (χ3v) is 4.32. The number of hydrogen-bond acceptors (Lipinski definition) is 4. The number of nitrogens with one attached hydrogen (secondary N) is 2. The van der Waals surface area contributed by atoms with Gasteiger partial charge in [0.1, 0.15) is 12.4 Å². The molecule has 2 N–H and O–H groups in total. The van der Waals surface area contributed by atoms with Crippen molar-refractivity contribution in [3.63, 3.8) is 0 Å². The molecular formula is C20H25FN2O4. The van der Waals surface area contributed by atoms with Gasteiger partial charge in [-0.25, -0.2) is 4.39 Å². The lowest BCUT2D eigenvalue weighted by molar-refractivity contribution is -0.153. The van der Waals surface area contributed by atoms with Crippen LogP contribution in [0.1, 0.15) is 49.4 Å². The lowest BCUT2D eigenvalue weighted by atomic mass is 9.97. The average molecular weight is 376 g/mol. The fourth-order valence-corrected chi connectivity index (χ4v) is 2.81. The number of allylic oxidation sites excluding steroid dienone is 1. The predicted molar refractivity (Wildman–Crippen MR) is 98.5 cm³/mol. The second-order valence-electron chi connectivity index (χ2n) is 6.44. The van der Waals surface area contributed by atoms with Gasteiger partial charge in [0.05, 0.1) is 5.56 Å². The molecule has 6 nitrogen and oxygen atoms in total. The Morgan fingerprint density at radius 3 is 2.67 bits per heavy atom. The first-order chi connectivity index (χ1) is 13.0. The smallest absolute Gasteiger partial charge is 0.326 e. The molecule has 0 aromatic heterocycles. The van der Waals surface area contributed by atoms with Crippen molar-refractivity contribution in [2.45, 2.75) is 45.1 Å². The highest BCUT2D eigenvalue weighted by Gasteiger charge is 2.19. The maximum absolute atomic E-state index is 13.5. The van der Waals surface area contributed by atoms with Gasteiger partial charge in [-0.3, -0.25) is 14.4 Å². The van der Waals surface area contributed by atoms with E-state index >= 15 is 0 Å². The number of benzene rings is 1. The van der Waals surface area contributed by atoms with Crippen molar-refractivity contribution in [1.82, 2.24) is 10.6 Å². The fourth-order valence-electron chi connectivity index (χ4n) is 2.81. The SMILES string of the molecule is C[C@H](OC(=O)CNC(=O)c1ccccc1F)C(=O)NCCC1=CCCCC1. The molecule has 2 amide bonds. The summed E-state index contributed by atoms with van der Waals surface area (Å²) in [4.78, 5) is 35.6. The molecule has 1 atom stereocenters. The van der Waals surface area contributed by atoms with E-state index in [4.69, 9.17) is 4.74 Å². The molecule has 1 aliphatic rings. The lowest BCUT2D eigenvalue weighted by Gasteiger charge is -2.16. The van der Waals surface area contributed by atoms with Crippen LogP contribution in [0, 0.1) is 5.82 Å². The first kappa shape index (κ1) is 20.6. The predicted octanol–water partition coefficient (Wildman–Crippen LogP) is 2.49. The number of amides is 2. The molecule has 0 spiro atoms. The summed E-state index contributed by atoms with van der Waals surface area (Å²) in [7, 11) is 0. The summed E-state index contributed by atoms with van der Waals surface area (Å²) in [6.07, 6.45) is 6.62. The highest BCUT2D eigenvalue weighted by Crippen LogP contribution is 2.19. The minimum atomic E-state index is -0.969. The molecule has 146 valence electrons. The lowest BCUT2D eigenvalue weighted by Crippen LogP contribution is -2.39. The third-order valence-electron chi connectivity index (χ3n) is 4.32. The van der Waals surface area contributed by atoms with Crippen LogP contribution in [0.25, 0.3) is 0 Å². The highest BCUT2D eigenvalue weighted by atomic mass is 19.1. The molecule has 1 aliphatic carbocycles. The van der Waals surface area contributed by atoms with E-state index in [0.717, 1.165) is 25.3 Å². The van der Waals surface area contributed by atoms with Crippen LogP contribution in [0.3, 0.4) is 0 Å². The summed E-state index contributed by atoms with van der Waals surface area (Å²) < 4.78 is 18.5. The molecule has 0 saturated heterocycles. The summed E-state index contributed by atoms with van der Waals surface area (Å²) in [6.45, 7) is 1.51. The standard InChI is InChI=1S/C20H25FN2O4/c1-14(19(25)22-12-11-15-7-3-2-4-8-15)27-18(24)13-23-20(26)16-9-5-6-10-17(16)21/h5-7,9-10,14H,2-4,8,11-13H2,1H3,(H,22,25)(H,23,26)/t14-/m0/s1. The van der Waals surface area contributed by atoms with E-state index in [0.29, 0.717) is 6.54 Å². The largest absolute Gasteiger partial charge is 0.451 e. The van der Waals surface area contributed by atoms with E-state index in [1.165, 1.54) is 43.5 Å². The summed E-state index contributed by atoms with van der Waals surface area (Å²) in [5.74, 6) is -2.55. The van der Waals surface area contributed by atoms with Crippen molar-refractivity contribution in [3.05, 3.63) is 47.3 Å². The molecule has 7 heteroatoms. The fraction of sp³-hybridized carbons (Fsp3) is 0.450. The summed E-state index contributed by atoms with van der Waals surface area (Å²) in [6, 6.07) is 5.45. The number of carbonyl (C=O) groups excluding carboxylic acids is 3. The van der Waals surface area contributed by atoms with Gasteiger partial charge in [0, 0.05) is 6.54 Å². The van der Waals surface area contributed by atoms with E-state index in [-0.39, 0.29) is 11.5 Å². The van der Waals surface area contributed by atoms with Gasteiger partial charge in [-0.15, -0.1) is 0 Å². The van der Waals surface area contributed by atoms with Crippen molar-refractivity contribution in [1.29, 1.82) is 0 Å². The number of hydrogen-bond donors (Lipinski definition) is 2. The minimum absolute atomic E-state index is 0.159. The van der Waals surface area contributed by atoms with Crippen molar-refractivity contribution in [2.24, 2.45) is 0 Å². The maximum Gasteiger partial charge on any atom is 0.326 e. The maximum atomic E-state index is 13.5. The zero-order chi connectivity index (χ0) is 19.6. The van der Waals surface area contributed by atoms with Gasteiger partial charge in [-0.1, -0.05) is 23.8 Å². The Kier molecular flexibility index (Phi) is 7.98. The number of carbonyl (C=O) groups is 3. The molecule has 27 heavy (non-hydrogen) atoms. The van der Waals surface area contributed by atoms with E-state index in [9.17, 15) is 18.8 Å². The van der Waals surface area contributed by atoms with Crippen molar-refractivity contribution in [3.8, 4) is 0 Å². The number of ether oxygens (including phenoxy) is 1. The van der Waals surface area contributed by atoms with Crippen LogP contribution < -0.4 is 10.6 Å². The highest BCUT2D eigenvalue weighted by molar-refractivity contribution is 5.96. The van der Waals surface area contributed by atoms with E-state index < -0.39 is 30.3 Å². The quantitative estimate of drug-likeness (QED) is 0.539. The van der Waals surface area contributed by atoms with Crippen LogP contribution in [0.15, 0.2) is 35.9 Å². The number of halogens is 1. The first-order valence-electron chi connectivity index (χ1n) is 9.15. The summed E-state index contributed by atoms with van der Waals surface area (Å²) >= 11 is 0. The Balaban J connectivity index is 1.68. The Morgan fingerprint density at radius 1 is 1.19 bits per heavy atom. The van der Waals surface area contributed by atoms with Gasteiger partial charge in [-0.05, 0) is 51.2 Å². The second-order valence-corrected chi connectivity index (χ2v) is 6.44. The second kappa shape index (κ2) is 10.4. The molecule has 0 bridgehead atoms. The summed E-state index contributed by atoms with van der Waals surface area (Å²) in [5.41, 5.74) is 1.19. The Labute approximate surface area is 158 Å². The number of rotatable bonds is 8. The minimum Gasteiger partial charge on any atom is -0.451 e. The molecule has 0 aliphatic heterocycles. The van der Waals surface area contributed by atoms with Crippen LogP contribution in [-0.4, -0.2) is 37.0 Å². The average Bonchev–Trinajstić information content (AvgIpc) is 2.67. The van der Waals surface area contributed by atoms with Crippen LogP contribution in [-0.2, 0) is 14.3 Å². The molecular weight excluding hydrogens is 351 g/mol. The Hall–Kier alpha value is -2.70. The van der Waals surface area contributed by atoms with Gasteiger partial charge in [0.2, 0.25) is 0 Å². The normalized spacial score (nSPS) is 14.7. The molecule has 0 heterocycles. The molecule has 0 radical (unpaired) electrons. The summed E-state index contributed by atoms with van der Waals surface area (Å²) in [5, 5.41) is 5.02. The number of esters is 1. The zero-order valence-corrected chi connectivity index (χ0v) is 15.4. The van der Waals surface area contributed by atoms with Crippen molar-refractivity contribution < 1.29 is 23.5 Å². The monoisotopic (exact) mass is 376 g/mol. The topological polar surface area (TPSA) is 84.5 Å². The van der Waals surface area contributed by atoms with Gasteiger partial charge < -0.3 is 15.4 Å². The molecule has 0 fully saturated rings. The van der Waals surface area contributed by atoms with Gasteiger partial charge in [-0.2, -0.15) is 0 Å². The van der Waals surface area contributed by atoms with Crippen LogP contribution in [0.4, 0.5) is 4.39 Å². The molecule has 1 aromatic rings. The van der Waals surface area contributed by atoms with Crippen molar-refractivity contribution in [2.75, 3.05) is 13.1 Å². The van der Waals surface area contributed by atoms with Gasteiger partial charge in [0.15, 0.2) is 6.10 Å². The van der Waals surface area contributed by atoms with Crippen molar-refractivity contribution >= 4 is 17.8 Å². The van der Waals surface area contributed by atoms with Crippen LogP contribution in [0.5, 0.6) is 0 Å². The third kappa shape index (κ3) is 6.84. The molecule has 0 saturated carbocycles. The zero-order valence-electron chi connectivity index (χ0n) is 15.4. The van der Waals surface area contributed by atoms with E-state index in [1.54, 1.807) is 0 Å². The van der Waals surface area contributed by atoms with Gasteiger partial charge in [0.25, 0.3) is 11.8 Å². The molecule has 0 unspecified atom stereocenters. The molecule has 1 aromatic carbocycles. The Bertz CT molecular complexity index is 718. The first-order valence-corrected chi connectivity index (χ1v) is 9.15.